The smallest absolute Gasteiger partial charge is 0.320 e. The zero-order chi connectivity index (χ0) is 19.4. The lowest BCUT2D eigenvalue weighted by atomic mass is 10.1. The zero-order valence-corrected chi connectivity index (χ0v) is 15.6. The van der Waals surface area contributed by atoms with Gasteiger partial charge in [-0.15, -0.1) is 0 Å². The monoisotopic (exact) mass is 367 g/mol. The van der Waals surface area contributed by atoms with Gasteiger partial charge in [0.2, 0.25) is 5.88 Å². The highest BCUT2D eigenvalue weighted by atomic mass is 16.5. The molecule has 0 bridgehead atoms. The molecule has 8 nitrogen and oxygen atoms in total. The molecule has 2 aromatic heterocycles. The molecule has 0 unspecified atom stereocenters. The lowest BCUT2D eigenvalue weighted by Crippen LogP contribution is -2.26. The van der Waals surface area contributed by atoms with E-state index in [0.29, 0.717) is 17.1 Å². The number of benzene rings is 1. The van der Waals surface area contributed by atoms with E-state index < -0.39 is 0 Å². The van der Waals surface area contributed by atoms with Crippen LogP contribution in [0.25, 0.3) is 11.3 Å². The second-order valence-electron chi connectivity index (χ2n) is 6.00. The van der Waals surface area contributed by atoms with Crippen molar-refractivity contribution in [2.75, 3.05) is 14.2 Å². The Bertz CT molecular complexity index is 915. The maximum Gasteiger partial charge on any atom is 0.320 e. The van der Waals surface area contributed by atoms with E-state index in [1.54, 1.807) is 29.1 Å². The van der Waals surface area contributed by atoms with Gasteiger partial charge in [-0.1, -0.05) is 12.1 Å². The summed E-state index contributed by atoms with van der Waals surface area (Å²) in [6, 6.07) is 8.94. The first-order valence-corrected chi connectivity index (χ1v) is 8.37. The van der Waals surface area contributed by atoms with Crippen molar-refractivity contribution in [3.05, 3.63) is 53.9 Å². The highest BCUT2D eigenvalue weighted by molar-refractivity contribution is 5.94. The van der Waals surface area contributed by atoms with Gasteiger partial charge in [-0.3, -0.25) is 9.48 Å². The highest BCUT2D eigenvalue weighted by Gasteiger charge is 2.13. The van der Waals surface area contributed by atoms with Crippen LogP contribution in [0.4, 0.5) is 0 Å². The van der Waals surface area contributed by atoms with Crippen LogP contribution in [-0.2, 0) is 7.05 Å². The van der Waals surface area contributed by atoms with Gasteiger partial charge in [0, 0.05) is 36.0 Å². The lowest BCUT2D eigenvalue weighted by molar-refractivity contribution is 0.0940. The number of nitrogens with one attached hydrogen (secondary N) is 1. The number of aromatic nitrogens is 4. The number of methoxy groups -OCH3 is 2. The number of amides is 1. The molecule has 1 N–H and O–H groups in total. The third kappa shape index (κ3) is 4.22. The number of aryl methyl sites for hydroxylation is 1. The van der Waals surface area contributed by atoms with E-state index in [0.717, 1.165) is 11.1 Å². The first-order valence-electron chi connectivity index (χ1n) is 8.37. The second kappa shape index (κ2) is 7.86. The molecule has 27 heavy (non-hydrogen) atoms. The van der Waals surface area contributed by atoms with Crippen molar-refractivity contribution in [2.45, 2.75) is 13.0 Å². The number of nitrogens with zero attached hydrogens (tertiary/aromatic N) is 4. The van der Waals surface area contributed by atoms with Gasteiger partial charge in [0.25, 0.3) is 5.91 Å². The van der Waals surface area contributed by atoms with Crippen LogP contribution in [0.2, 0.25) is 0 Å². The summed E-state index contributed by atoms with van der Waals surface area (Å²) >= 11 is 0. The van der Waals surface area contributed by atoms with Crippen LogP contribution in [0.15, 0.2) is 42.7 Å². The predicted octanol–water partition coefficient (Wildman–Crippen LogP) is 2.39. The number of carbonyl (C=O) groups excluding carboxylic acids is 1. The zero-order valence-electron chi connectivity index (χ0n) is 15.6. The Kier molecular flexibility index (Phi) is 5.35. The number of hydrogen-bond donors (Lipinski definition) is 1. The number of carbonyl (C=O) groups is 1. The minimum Gasteiger partial charge on any atom is -0.481 e. The first-order chi connectivity index (χ1) is 13.0. The van der Waals surface area contributed by atoms with Crippen molar-refractivity contribution in [2.24, 2.45) is 7.05 Å². The topological polar surface area (TPSA) is 91.2 Å². The molecule has 1 amide bonds. The summed E-state index contributed by atoms with van der Waals surface area (Å²) in [5, 5.41) is 7.09. The Balaban J connectivity index is 1.76. The van der Waals surface area contributed by atoms with Crippen molar-refractivity contribution >= 4 is 5.91 Å². The summed E-state index contributed by atoms with van der Waals surface area (Å²) in [4.78, 5) is 20.9. The molecule has 0 aliphatic carbocycles. The molecule has 1 aromatic carbocycles. The summed E-state index contributed by atoms with van der Waals surface area (Å²) in [7, 11) is 4.87. The fraction of sp³-hybridized carbons (Fsp3) is 0.263. The number of rotatable bonds is 6. The molecule has 0 radical (unpaired) electrons. The molecule has 0 saturated carbocycles. The Morgan fingerprint density at radius 1 is 1.15 bits per heavy atom. The van der Waals surface area contributed by atoms with Crippen LogP contribution in [0, 0.1) is 0 Å². The normalized spacial score (nSPS) is 11.7. The quantitative estimate of drug-likeness (QED) is 0.719. The van der Waals surface area contributed by atoms with Crippen molar-refractivity contribution in [3.8, 4) is 23.1 Å². The maximum atomic E-state index is 12.5. The average molecular weight is 367 g/mol. The standard InChI is InChI=1S/C19H21N5O3/c1-12(15-10-20-24(2)11-15)21-18(25)14-7-5-13(6-8-14)16-9-17(26-3)23-19(22-16)27-4/h5-12H,1-4H3,(H,21,25)/t12-/m0/s1. The third-order valence-corrected chi connectivity index (χ3v) is 4.09. The van der Waals surface area contributed by atoms with Gasteiger partial charge in [0.05, 0.1) is 32.2 Å². The number of ether oxygens (including phenoxy) is 2. The molecule has 140 valence electrons. The largest absolute Gasteiger partial charge is 0.481 e. The third-order valence-electron chi connectivity index (χ3n) is 4.09. The second-order valence-corrected chi connectivity index (χ2v) is 6.00. The van der Waals surface area contributed by atoms with Crippen molar-refractivity contribution < 1.29 is 14.3 Å². The lowest BCUT2D eigenvalue weighted by Gasteiger charge is -2.12. The molecular weight excluding hydrogens is 346 g/mol. The van der Waals surface area contributed by atoms with Gasteiger partial charge in [-0.2, -0.15) is 15.1 Å². The van der Waals surface area contributed by atoms with Gasteiger partial charge < -0.3 is 14.8 Å². The summed E-state index contributed by atoms with van der Waals surface area (Å²) in [5.74, 6) is 0.250. The Labute approximate surface area is 157 Å². The van der Waals surface area contributed by atoms with Crippen LogP contribution in [0.3, 0.4) is 0 Å². The molecule has 2 heterocycles. The predicted molar refractivity (Wildman–Crippen MR) is 99.7 cm³/mol. The summed E-state index contributed by atoms with van der Waals surface area (Å²) in [5.41, 5.74) is 2.98. The van der Waals surface area contributed by atoms with Gasteiger partial charge in [0.1, 0.15) is 0 Å². The van der Waals surface area contributed by atoms with E-state index in [1.165, 1.54) is 14.2 Å². The molecule has 3 rings (SSSR count). The van der Waals surface area contributed by atoms with E-state index in [2.05, 4.69) is 20.4 Å². The number of hydrogen-bond acceptors (Lipinski definition) is 6. The molecule has 8 heteroatoms. The van der Waals surface area contributed by atoms with Crippen molar-refractivity contribution in [1.29, 1.82) is 0 Å². The van der Waals surface area contributed by atoms with Gasteiger partial charge >= 0.3 is 6.01 Å². The minimum atomic E-state index is -0.157. The molecule has 0 saturated heterocycles. The van der Waals surface area contributed by atoms with E-state index in [4.69, 9.17) is 9.47 Å². The molecule has 0 aliphatic rings. The van der Waals surface area contributed by atoms with Crippen molar-refractivity contribution in [3.63, 3.8) is 0 Å². The molecule has 0 aliphatic heterocycles. The Hall–Kier alpha value is -3.42. The van der Waals surface area contributed by atoms with E-state index in [1.807, 2.05) is 32.3 Å². The van der Waals surface area contributed by atoms with Gasteiger partial charge in [0.15, 0.2) is 0 Å². The van der Waals surface area contributed by atoms with Crippen LogP contribution in [-0.4, -0.2) is 39.9 Å². The van der Waals surface area contributed by atoms with E-state index >= 15 is 0 Å². The summed E-state index contributed by atoms with van der Waals surface area (Å²) < 4.78 is 12.0. The SMILES string of the molecule is COc1cc(-c2ccc(C(=O)N[C@@H](C)c3cnn(C)c3)cc2)nc(OC)n1. The fourth-order valence-electron chi connectivity index (χ4n) is 2.57. The summed E-state index contributed by atoms with van der Waals surface area (Å²) in [6.45, 7) is 1.92. The molecular formula is C19H21N5O3. The van der Waals surface area contributed by atoms with E-state index in [9.17, 15) is 4.79 Å². The summed E-state index contributed by atoms with van der Waals surface area (Å²) in [6.07, 6.45) is 3.62. The fourth-order valence-corrected chi connectivity index (χ4v) is 2.57. The molecule has 3 aromatic rings. The van der Waals surface area contributed by atoms with Crippen LogP contribution in [0.5, 0.6) is 11.9 Å². The van der Waals surface area contributed by atoms with Gasteiger partial charge in [-0.05, 0) is 19.1 Å². The average Bonchev–Trinajstić information content (AvgIpc) is 3.14. The molecule has 1 atom stereocenters. The van der Waals surface area contributed by atoms with E-state index in [-0.39, 0.29) is 18.0 Å². The van der Waals surface area contributed by atoms with Crippen LogP contribution >= 0.6 is 0 Å². The van der Waals surface area contributed by atoms with Gasteiger partial charge in [-0.25, -0.2) is 0 Å². The molecule has 0 spiro atoms. The first kappa shape index (κ1) is 18.4. The highest BCUT2D eigenvalue weighted by Crippen LogP contribution is 2.24. The van der Waals surface area contributed by atoms with Crippen molar-refractivity contribution in [1.82, 2.24) is 25.1 Å². The maximum absolute atomic E-state index is 12.5. The Morgan fingerprint density at radius 3 is 2.48 bits per heavy atom. The Morgan fingerprint density at radius 2 is 1.89 bits per heavy atom. The van der Waals surface area contributed by atoms with Crippen LogP contribution < -0.4 is 14.8 Å². The minimum absolute atomic E-state index is 0.138. The molecule has 0 fully saturated rings. The van der Waals surface area contributed by atoms with Crippen LogP contribution in [0.1, 0.15) is 28.9 Å².